The predicted molar refractivity (Wildman–Crippen MR) is 46.6 cm³/mol. The van der Waals surface area contributed by atoms with Gasteiger partial charge in [-0.15, -0.1) is 11.3 Å². The molecule has 0 aliphatic heterocycles. The molecule has 6 heteroatoms. The minimum atomic E-state index is -0.833. The van der Waals surface area contributed by atoms with Crippen LogP contribution in [0.5, 0.6) is 0 Å². The third-order valence-corrected chi connectivity index (χ3v) is 1.65. The van der Waals surface area contributed by atoms with Crippen molar-refractivity contribution in [3.05, 3.63) is 22.4 Å². The van der Waals surface area contributed by atoms with E-state index >= 15 is 0 Å². The first-order chi connectivity index (χ1) is 5.54. The number of primary amides is 3. The lowest BCUT2D eigenvalue weighted by Crippen LogP contribution is -2.18. The van der Waals surface area contributed by atoms with E-state index < -0.39 is 6.03 Å². The summed E-state index contributed by atoms with van der Waals surface area (Å²) in [5, 5.41) is 1.82. The van der Waals surface area contributed by atoms with Crippen LogP contribution in [0.2, 0.25) is 0 Å². The van der Waals surface area contributed by atoms with Gasteiger partial charge in [-0.1, -0.05) is 6.07 Å². The number of rotatable bonds is 1. The van der Waals surface area contributed by atoms with Gasteiger partial charge in [0.1, 0.15) is 0 Å². The number of urea groups is 1. The molecule has 0 aliphatic rings. The zero-order valence-electron chi connectivity index (χ0n) is 6.19. The molecule has 0 aromatic carbocycles. The van der Waals surface area contributed by atoms with E-state index in [2.05, 4.69) is 11.5 Å². The summed E-state index contributed by atoms with van der Waals surface area (Å²) in [6, 6.07) is 2.66. The van der Waals surface area contributed by atoms with Crippen molar-refractivity contribution in [2.75, 3.05) is 0 Å². The number of amides is 3. The minimum absolute atomic E-state index is 0.347. The SMILES string of the molecule is NC(=O)c1cccs1.NC(N)=O. The van der Waals surface area contributed by atoms with Crippen LogP contribution in [0.1, 0.15) is 9.67 Å². The maximum absolute atomic E-state index is 10.3. The molecule has 0 aliphatic carbocycles. The highest BCUT2D eigenvalue weighted by Gasteiger charge is 1.96. The van der Waals surface area contributed by atoms with Gasteiger partial charge in [-0.2, -0.15) is 0 Å². The predicted octanol–water partition coefficient (Wildman–Crippen LogP) is -0.129. The van der Waals surface area contributed by atoms with Gasteiger partial charge in [0, 0.05) is 0 Å². The number of thiophene rings is 1. The van der Waals surface area contributed by atoms with Crippen LogP contribution in [-0.4, -0.2) is 11.9 Å². The molecule has 6 N–H and O–H groups in total. The summed E-state index contributed by atoms with van der Waals surface area (Å²) in [6.07, 6.45) is 0. The van der Waals surface area contributed by atoms with E-state index in [-0.39, 0.29) is 5.91 Å². The third-order valence-electron chi connectivity index (χ3n) is 0.764. The smallest absolute Gasteiger partial charge is 0.309 e. The molecule has 0 spiro atoms. The van der Waals surface area contributed by atoms with Gasteiger partial charge in [-0.3, -0.25) is 4.79 Å². The molecule has 5 nitrogen and oxygen atoms in total. The van der Waals surface area contributed by atoms with Crippen LogP contribution in [-0.2, 0) is 0 Å². The van der Waals surface area contributed by atoms with Crippen LogP contribution in [0.15, 0.2) is 17.5 Å². The quantitative estimate of drug-likeness (QED) is 0.568. The highest BCUT2D eigenvalue weighted by atomic mass is 32.1. The molecule has 0 radical (unpaired) electrons. The Bertz CT molecular complexity index is 254. The molecule has 66 valence electrons. The van der Waals surface area contributed by atoms with Gasteiger partial charge in [-0.25, -0.2) is 4.79 Å². The van der Waals surface area contributed by atoms with Crippen LogP contribution in [0, 0.1) is 0 Å². The van der Waals surface area contributed by atoms with E-state index in [0.29, 0.717) is 4.88 Å². The number of hydrogen-bond acceptors (Lipinski definition) is 3. The standard InChI is InChI=1S/C5H5NOS.CH4N2O/c6-5(7)4-2-1-3-8-4;2-1(3)4/h1-3H,(H2,6,7);(H4,2,3,4). The first-order valence-corrected chi connectivity index (χ1v) is 3.80. The van der Waals surface area contributed by atoms with Crippen LogP contribution in [0.4, 0.5) is 4.79 Å². The van der Waals surface area contributed by atoms with E-state index in [1.807, 2.05) is 5.38 Å². The molecule has 0 atom stereocenters. The molecule has 0 unspecified atom stereocenters. The number of carbonyl (C=O) groups is 2. The molecule has 12 heavy (non-hydrogen) atoms. The summed E-state index contributed by atoms with van der Waals surface area (Å²) in [5.74, 6) is -0.347. The fraction of sp³-hybridized carbons (Fsp3) is 0. The van der Waals surface area contributed by atoms with E-state index in [1.165, 1.54) is 11.3 Å². The van der Waals surface area contributed by atoms with Crippen molar-refractivity contribution in [2.24, 2.45) is 17.2 Å². The average molecular weight is 187 g/mol. The Morgan fingerprint density at radius 1 is 1.25 bits per heavy atom. The molecule has 0 bridgehead atoms. The Labute approximate surface area is 73.2 Å². The summed E-state index contributed by atoms with van der Waals surface area (Å²) in [5.41, 5.74) is 13.4. The monoisotopic (exact) mass is 187 g/mol. The van der Waals surface area contributed by atoms with E-state index in [4.69, 9.17) is 10.5 Å². The van der Waals surface area contributed by atoms with Gasteiger partial charge in [0.15, 0.2) is 0 Å². The van der Waals surface area contributed by atoms with Crippen LogP contribution in [0.25, 0.3) is 0 Å². The van der Waals surface area contributed by atoms with Gasteiger partial charge in [0.05, 0.1) is 4.88 Å². The Kier molecular flexibility index (Phi) is 4.47. The third kappa shape index (κ3) is 5.24. The van der Waals surface area contributed by atoms with E-state index in [9.17, 15) is 4.79 Å². The zero-order chi connectivity index (χ0) is 9.56. The van der Waals surface area contributed by atoms with E-state index in [1.54, 1.807) is 12.1 Å². The molecular weight excluding hydrogens is 178 g/mol. The summed E-state index contributed by atoms with van der Waals surface area (Å²) in [6.45, 7) is 0. The van der Waals surface area contributed by atoms with Crippen molar-refractivity contribution < 1.29 is 9.59 Å². The van der Waals surface area contributed by atoms with Crippen molar-refractivity contribution in [3.8, 4) is 0 Å². The lowest BCUT2D eigenvalue weighted by molar-refractivity contribution is 0.100. The van der Waals surface area contributed by atoms with Crippen LogP contribution >= 0.6 is 11.3 Å². The summed E-state index contributed by atoms with van der Waals surface area (Å²) in [7, 11) is 0. The highest BCUT2D eigenvalue weighted by Crippen LogP contribution is 2.05. The minimum Gasteiger partial charge on any atom is -0.365 e. The number of nitrogens with two attached hydrogens (primary N) is 3. The second kappa shape index (κ2) is 5.14. The highest BCUT2D eigenvalue weighted by molar-refractivity contribution is 7.12. The summed E-state index contributed by atoms with van der Waals surface area (Å²) in [4.78, 5) is 19.9. The van der Waals surface area contributed by atoms with Crippen molar-refractivity contribution >= 4 is 23.3 Å². The molecular formula is C6H9N3O2S. The number of hydrogen-bond donors (Lipinski definition) is 3. The van der Waals surface area contributed by atoms with Gasteiger partial charge < -0.3 is 17.2 Å². The summed E-state index contributed by atoms with van der Waals surface area (Å²) >= 11 is 1.36. The topological polar surface area (TPSA) is 112 Å². The molecule has 1 heterocycles. The lowest BCUT2D eigenvalue weighted by Gasteiger charge is -1.80. The fourth-order valence-corrected chi connectivity index (χ4v) is 0.996. The Morgan fingerprint density at radius 3 is 1.92 bits per heavy atom. The second-order valence-corrected chi connectivity index (χ2v) is 2.69. The molecule has 3 amide bonds. The normalized spacial score (nSPS) is 8.00. The maximum atomic E-state index is 10.3. The van der Waals surface area contributed by atoms with Crippen molar-refractivity contribution in [1.82, 2.24) is 0 Å². The van der Waals surface area contributed by atoms with Crippen molar-refractivity contribution in [1.29, 1.82) is 0 Å². The molecule has 0 saturated carbocycles. The van der Waals surface area contributed by atoms with Gasteiger partial charge in [0.25, 0.3) is 5.91 Å². The van der Waals surface area contributed by atoms with Gasteiger partial charge in [-0.05, 0) is 11.4 Å². The second-order valence-electron chi connectivity index (χ2n) is 1.74. The van der Waals surface area contributed by atoms with Gasteiger partial charge >= 0.3 is 6.03 Å². The van der Waals surface area contributed by atoms with Gasteiger partial charge in [0.2, 0.25) is 0 Å². The molecule has 1 aromatic heterocycles. The van der Waals surface area contributed by atoms with Crippen molar-refractivity contribution in [2.45, 2.75) is 0 Å². The zero-order valence-corrected chi connectivity index (χ0v) is 7.01. The maximum Gasteiger partial charge on any atom is 0.309 e. The lowest BCUT2D eigenvalue weighted by atomic mass is 10.5. The Morgan fingerprint density at radius 2 is 1.75 bits per heavy atom. The molecule has 1 rings (SSSR count). The Hall–Kier alpha value is -1.56. The summed E-state index contributed by atoms with van der Waals surface area (Å²) < 4.78 is 0. The van der Waals surface area contributed by atoms with Crippen LogP contribution < -0.4 is 17.2 Å². The Balaban J connectivity index is 0.000000261. The largest absolute Gasteiger partial charge is 0.365 e. The number of carbonyl (C=O) groups excluding carboxylic acids is 2. The first kappa shape index (κ1) is 10.4. The van der Waals surface area contributed by atoms with E-state index in [0.717, 1.165) is 0 Å². The molecule has 1 aromatic rings. The fourth-order valence-electron chi connectivity index (χ4n) is 0.419. The molecule has 0 fully saturated rings. The van der Waals surface area contributed by atoms with Crippen LogP contribution in [0.3, 0.4) is 0 Å². The average Bonchev–Trinajstić information content (AvgIpc) is 2.34. The first-order valence-electron chi connectivity index (χ1n) is 2.92. The molecule has 0 saturated heterocycles. The van der Waals surface area contributed by atoms with Crippen molar-refractivity contribution in [3.63, 3.8) is 0 Å².